The summed E-state index contributed by atoms with van der Waals surface area (Å²) in [7, 11) is -13.1. The number of hydrogen-bond donors (Lipinski definition) is 0. The molecule has 11 rings (SSSR count). The van der Waals surface area contributed by atoms with Crippen molar-refractivity contribution >= 4 is 99.9 Å². The van der Waals surface area contributed by atoms with Crippen LogP contribution in [0.3, 0.4) is 0 Å². The molecular formula is C118H166O12SSi6. The third-order valence-corrected chi connectivity index (χ3v) is 52.1. The Morgan fingerprint density at radius 2 is 0.737 bits per heavy atom. The van der Waals surface area contributed by atoms with Crippen LogP contribution < -0.4 is 20.7 Å². The van der Waals surface area contributed by atoms with Crippen LogP contribution in [0.25, 0.3) is 28.3 Å². The van der Waals surface area contributed by atoms with Gasteiger partial charge < -0.3 is 46.1 Å². The molecule has 2 fully saturated rings. The zero-order valence-corrected chi connectivity index (χ0v) is 95.9. The highest BCUT2D eigenvalue weighted by Gasteiger charge is 2.55. The Labute approximate surface area is 837 Å². The van der Waals surface area contributed by atoms with E-state index >= 15 is 0 Å². The molecule has 0 aromatic heterocycles. The lowest BCUT2D eigenvalue weighted by Crippen LogP contribution is -2.67. The number of aryl methyl sites for hydroxylation is 2. The maximum absolute atomic E-state index is 14.6. The van der Waals surface area contributed by atoms with Crippen molar-refractivity contribution in [3.63, 3.8) is 0 Å². The first-order chi connectivity index (χ1) is 64.0. The molecule has 12 nitrogen and oxygen atoms in total. The average Bonchev–Trinajstić information content (AvgIpc) is 1.32. The Hall–Kier alpha value is -7.53. The molecule has 2 heterocycles. The number of thioether (sulfide) groups is 1. The van der Waals surface area contributed by atoms with Crippen LogP contribution in [0.5, 0.6) is 0 Å². The molecule has 137 heavy (non-hydrogen) atoms. The third kappa shape index (κ3) is 29.2. The molecule has 740 valence electrons. The Bertz CT molecular complexity index is 5340. The molecule has 11 atom stereocenters. The van der Waals surface area contributed by atoms with Gasteiger partial charge in [-0.25, -0.2) is 9.59 Å². The minimum Gasteiger partial charge on any atom is -0.462 e. The number of esters is 2. The van der Waals surface area contributed by atoms with Gasteiger partial charge in [0, 0.05) is 38.5 Å². The first-order valence-corrected chi connectivity index (χ1v) is 68.0. The summed E-state index contributed by atoms with van der Waals surface area (Å²) in [6.07, 6.45) is 12.8. The number of carbonyl (C=O) groups is 2. The first kappa shape index (κ1) is 111. The lowest BCUT2D eigenvalue weighted by molar-refractivity contribution is -0.152. The predicted molar refractivity (Wildman–Crippen MR) is 593 cm³/mol. The van der Waals surface area contributed by atoms with Crippen molar-refractivity contribution in [3.05, 3.63) is 300 Å². The van der Waals surface area contributed by atoms with Gasteiger partial charge in [0.2, 0.25) is 0 Å². The van der Waals surface area contributed by atoms with Gasteiger partial charge in [-0.3, -0.25) is 0 Å². The Kier molecular flexibility index (Phi) is 38.0. The number of hydrogen-bond acceptors (Lipinski definition) is 13. The highest BCUT2D eigenvalue weighted by Crippen LogP contribution is 2.50. The fourth-order valence-electron chi connectivity index (χ4n) is 18.0. The minimum absolute atomic E-state index is 0.0339. The van der Waals surface area contributed by atoms with E-state index in [0.29, 0.717) is 43.6 Å². The molecular weight excluding hydrogens is 1810 g/mol. The van der Waals surface area contributed by atoms with Gasteiger partial charge in [0.25, 0.3) is 16.6 Å². The molecule has 0 saturated carbocycles. The van der Waals surface area contributed by atoms with E-state index in [4.69, 9.17) is 46.1 Å². The van der Waals surface area contributed by atoms with Crippen LogP contribution in [0.2, 0.25) is 97.7 Å². The van der Waals surface area contributed by atoms with Crippen LogP contribution in [0.4, 0.5) is 0 Å². The number of rotatable bonds is 39. The molecule has 19 heteroatoms. The van der Waals surface area contributed by atoms with Crippen molar-refractivity contribution in [1.82, 2.24) is 0 Å². The van der Waals surface area contributed by atoms with Crippen molar-refractivity contribution in [2.75, 3.05) is 13.2 Å². The van der Waals surface area contributed by atoms with Gasteiger partial charge in [0.15, 0.2) is 28.2 Å². The summed E-state index contributed by atoms with van der Waals surface area (Å²) in [5.74, 6) is -2.13. The van der Waals surface area contributed by atoms with Crippen LogP contribution in [0, 0.1) is 25.7 Å². The topological polar surface area (TPSA) is 126 Å². The van der Waals surface area contributed by atoms with E-state index in [0.717, 1.165) is 61.5 Å². The lowest BCUT2D eigenvalue weighted by atomic mass is 9.88. The van der Waals surface area contributed by atoms with Gasteiger partial charge in [0.1, 0.15) is 12.2 Å². The SMILES string of the molecule is Cc1ccc(-c2ccccc2)c(/C=C/C[C@@H]2OC(C)(C)O[C@@H]2C(/C=C\[C@@H](C)[C@H](C)O[Si](c2ccccc2)(c2ccccc2)C(C)(C)C)O[Si](C)(C)C(C)(C)C)c1C(=O)OCC[Si](C)(C)C.Cc1ccc(-c2ccccc2)c(C(CC[C@@H]2OC(C)(C)O[C@@H]2C(/C=C\[C@@H](C)[C@H](C)O[Si](c2ccccc2)(c2ccccc2)C(C)(C)C)O[Si](C)(C)C(C)(C)C)Sc2ccccc2)c1C(=O)OCC[Si](C)(C)C. The van der Waals surface area contributed by atoms with Gasteiger partial charge in [0.05, 0.1) is 48.8 Å². The highest BCUT2D eigenvalue weighted by atomic mass is 32.2. The van der Waals surface area contributed by atoms with Crippen molar-refractivity contribution < 1.29 is 55.7 Å². The van der Waals surface area contributed by atoms with Crippen LogP contribution in [-0.2, 0) is 46.1 Å². The van der Waals surface area contributed by atoms with E-state index < -0.39 is 79.3 Å². The molecule has 0 radical (unpaired) electrons. The normalized spacial score (nSPS) is 18.6. The molecule has 2 saturated heterocycles. The van der Waals surface area contributed by atoms with Crippen molar-refractivity contribution in [1.29, 1.82) is 0 Å². The van der Waals surface area contributed by atoms with Gasteiger partial charge in [-0.2, -0.15) is 0 Å². The summed E-state index contributed by atoms with van der Waals surface area (Å²) >= 11 is 1.80. The Balaban J connectivity index is 0.000000284. The van der Waals surface area contributed by atoms with Crippen molar-refractivity contribution in [3.8, 4) is 22.3 Å². The van der Waals surface area contributed by atoms with Crippen molar-refractivity contribution in [2.24, 2.45) is 11.8 Å². The third-order valence-electron chi connectivity index (χ3n) is 28.2. The zero-order valence-electron chi connectivity index (χ0n) is 89.1. The number of benzene rings is 9. The Morgan fingerprint density at radius 3 is 1.11 bits per heavy atom. The molecule has 9 aromatic carbocycles. The molecule has 0 N–H and O–H groups in total. The summed E-state index contributed by atoms with van der Waals surface area (Å²) in [4.78, 5) is 29.6. The summed E-state index contributed by atoms with van der Waals surface area (Å²) in [5, 5.41) is 4.56. The van der Waals surface area contributed by atoms with E-state index in [2.05, 4.69) is 419 Å². The van der Waals surface area contributed by atoms with E-state index in [1.807, 2.05) is 71.9 Å². The standard InChI is InChI=1S/C62H86O6SSi3.C56H80O6Si3/c1-45(47(3)67-72(61(7,8)9,50-33-25-19-26-34-50)51-35-27-20-28-36-51)38-40-54(68-71(15,16)60(4,5)6)58-53(65-62(10,11)66-58)41-42-55(69-49-31-23-18-24-32-49)57-52(48-29-21-17-22-30-48)39-37-46(2)56(57)59(63)64-43-44-70(12,13)14;1-41(43(3)61-65(55(7,8)9,45-29-22-18-23-30-45)46-31-24-19-25-32-46)36-38-50(62-64(15,16)54(4,5)6)52-49(59-56(10,11)60-52)34-26-33-48-47(44-27-20-17-21-28-44)37-35-42(2)51(48)53(57)58-39-40-63(12,13)14/h17-40,45,47,53-55,58H,41-44H2,1-16H3;17-33,35-38,41,43,49-50,52H,34,39-40H2,1-16H3/b40-38-;33-26+,38-36-/t45-,47+,53+,54?,55?,58+;41-,43+,49+,50?,52+/m11/s1. The monoisotopic (exact) mass is 1980 g/mol. The molecule has 0 bridgehead atoms. The predicted octanol–water partition coefficient (Wildman–Crippen LogP) is 29.5. The summed E-state index contributed by atoms with van der Waals surface area (Å²) in [6.45, 7) is 72.6. The van der Waals surface area contributed by atoms with Gasteiger partial charge in [-0.05, 0) is 222 Å². The van der Waals surface area contributed by atoms with E-state index in [9.17, 15) is 9.59 Å². The summed E-state index contributed by atoms with van der Waals surface area (Å²) in [5.41, 5.74) is 9.04. The fourth-order valence-corrected chi connectivity index (χ4v) is 32.8. The molecule has 3 unspecified atom stereocenters. The van der Waals surface area contributed by atoms with E-state index in [1.165, 1.54) is 20.7 Å². The summed E-state index contributed by atoms with van der Waals surface area (Å²) in [6, 6.07) is 85.0. The molecule has 0 spiro atoms. The van der Waals surface area contributed by atoms with Crippen LogP contribution >= 0.6 is 11.8 Å². The molecule has 0 amide bonds. The molecule has 9 aromatic rings. The van der Waals surface area contributed by atoms with Gasteiger partial charge in [-0.15, -0.1) is 11.8 Å². The number of carbonyl (C=O) groups excluding carboxylic acids is 2. The largest absolute Gasteiger partial charge is 0.462 e. The van der Waals surface area contributed by atoms with Gasteiger partial charge >= 0.3 is 11.9 Å². The maximum Gasteiger partial charge on any atom is 0.339 e. The maximum atomic E-state index is 14.6. The smallest absolute Gasteiger partial charge is 0.339 e. The Morgan fingerprint density at radius 1 is 0.401 bits per heavy atom. The first-order valence-electron chi connectivity index (χ1n) is 50.1. The van der Waals surface area contributed by atoms with Gasteiger partial charge in [-0.1, -0.05) is 397 Å². The second kappa shape index (κ2) is 46.7. The van der Waals surface area contributed by atoms with Crippen LogP contribution in [0.1, 0.15) is 206 Å². The highest BCUT2D eigenvalue weighted by molar-refractivity contribution is 7.99. The van der Waals surface area contributed by atoms with Crippen LogP contribution in [-0.4, -0.2) is 135 Å². The van der Waals surface area contributed by atoms with E-state index in [1.54, 1.807) is 11.8 Å². The van der Waals surface area contributed by atoms with Crippen LogP contribution in [0.15, 0.2) is 272 Å². The average molecular weight is 1980 g/mol. The lowest BCUT2D eigenvalue weighted by Gasteiger charge is -2.45. The second-order valence-corrected chi connectivity index (χ2v) is 77.2. The quantitative estimate of drug-likeness (QED) is 0.0157. The summed E-state index contributed by atoms with van der Waals surface area (Å²) < 4.78 is 69.9. The molecule has 0 aliphatic carbocycles. The molecule has 2 aliphatic rings. The second-order valence-electron chi connectivity index (χ2n) is 46.6. The fraction of sp³-hybridized carbons (Fsp3) is 0.475. The zero-order chi connectivity index (χ0) is 101. The number of ether oxygens (including phenoxy) is 6. The van der Waals surface area contributed by atoms with E-state index in [-0.39, 0.29) is 79.7 Å². The molecule has 2 aliphatic heterocycles. The van der Waals surface area contributed by atoms with Crippen molar-refractivity contribution in [2.45, 2.75) is 340 Å². The minimum atomic E-state index is -2.82.